The van der Waals surface area contributed by atoms with Gasteiger partial charge < -0.3 is 14.8 Å². The lowest BCUT2D eigenvalue weighted by Crippen LogP contribution is -2.32. The van der Waals surface area contributed by atoms with Crippen LogP contribution >= 0.6 is 15.9 Å². The highest BCUT2D eigenvalue weighted by Crippen LogP contribution is 2.38. The number of nitrogens with zero attached hydrogens (tertiary/aromatic N) is 1. The van der Waals surface area contributed by atoms with Gasteiger partial charge in [0, 0.05) is 33.4 Å². The maximum absolute atomic E-state index is 12.5. The molecule has 0 aliphatic carbocycles. The molecule has 2 aromatic carbocycles. The van der Waals surface area contributed by atoms with E-state index in [0.29, 0.717) is 46.1 Å². The number of hydrogen-bond donors (Lipinski definition) is 1. The van der Waals surface area contributed by atoms with Crippen LogP contribution in [0.15, 0.2) is 47.4 Å². The summed E-state index contributed by atoms with van der Waals surface area (Å²) in [5, 5.41) is 2.80. The highest BCUT2D eigenvalue weighted by atomic mass is 79.9. The van der Waals surface area contributed by atoms with Gasteiger partial charge in [0.05, 0.1) is 5.69 Å². The van der Waals surface area contributed by atoms with E-state index in [4.69, 9.17) is 9.47 Å². The molecule has 2 aliphatic rings. The molecule has 7 heteroatoms. The summed E-state index contributed by atoms with van der Waals surface area (Å²) in [6, 6.07) is 10.6. The third-order valence-electron chi connectivity index (χ3n) is 4.25. The van der Waals surface area contributed by atoms with Crippen molar-refractivity contribution in [1.82, 2.24) is 4.90 Å². The van der Waals surface area contributed by atoms with Gasteiger partial charge in [-0.05, 0) is 22.0 Å². The van der Waals surface area contributed by atoms with Crippen LogP contribution in [0.25, 0.3) is 5.70 Å². The van der Waals surface area contributed by atoms with E-state index < -0.39 is 0 Å². The Morgan fingerprint density at radius 1 is 1.15 bits per heavy atom. The van der Waals surface area contributed by atoms with Gasteiger partial charge in [-0.1, -0.05) is 24.8 Å². The van der Waals surface area contributed by atoms with E-state index in [2.05, 4.69) is 27.8 Å². The summed E-state index contributed by atoms with van der Waals surface area (Å²) in [7, 11) is 0. The number of hydrogen-bond acceptors (Lipinski definition) is 4. The molecule has 0 saturated heterocycles. The number of halogens is 1. The minimum absolute atomic E-state index is 0.118. The normalized spacial score (nSPS) is 15.0. The van der Waals surface area contributed by atoms with Gasteiger partial charge in [0.25, 0.3) is 5.91 Å². The first kappa shape index (κ1) is 16.7. The predicted molar refractivity (Wildman–Crippen MR) is 100 cm³/mol. The fourth-order valence-corrected chi connectivity index (χ4v) is 3.42. The molecule has 2 aromatic rings. The van der Waals surface area contributed by atoms with Crippen molar-refractivity contribution in [1.29, 1.82) is 0 Å². The topological polar surface area (TPSA) is 67.9 Å². The number of fused-ring (bicyclic) bond motifs is 2. The molecular weight excluding hydrogens is 400 g/mol. The monoisotopic (exact) mass is 414 g/mol. The number of nitrogens with one attached hydrogen (secondary N) is 1. The Hall–Kier alpha value is -2.80. The summed E-state index contributed by atoms with van der Waals surface area (Å²) in [5.74, 6) is 0.648. The number of ether oxygens (including phenoxy) is 2. The molecule has 0 radical (unpaired) electrons. The second-order valence-corrected chi connectivity index (χ2v) is 6.76. The Labute approximate surface area is 158 Å². The third-order valence-corrected chi connectivity index (χ3v) is 4.90. The summed E-state index contributed by atoms with van der Waals surface area (Å²) < 4.78 is 11.7. The zero-order valence-corrected chi connectivity index (χ0v) is 15.3. The van der Waals surface area contributed by atoms with Crippen molar-refractivity contribution in [3.63, 3.8) is 0 Å². The van der Waals surface area contributed by atoms with Crippen LogP contribution in [-0.4, -0.2) is 36.5 Å². The maximum atomic E-state index is 12.5. The Kier molecular flexibility index (Phi) is 4.16. The molecule has 0 atom stereocenters. The van der Waals surface area contributed by atoms with Crippen LogP contribution < -0.4 is 14.8 Å². The van der Waals surface area contributed by atoms with Gasteiger partial charge in [0.15, 0.2) is 11.5 Å². The van der Waals surface area contributed by atoms with E-state index in [0.717, 1.165) is 5.56 Å². The highest BCUT2D eigenvalue weighted by molar-refractivity contribution is 9.10. The lowest BCUT2D eigenvalue weighted by Gasteiger charge is -2.21. The molecule has 2 amide bonds. The molecule has 0 spiro atoms. The van der Waals surface area contributed by atoms with Crippen molar-refractivity contribution in [3.8, 4) is 11.5 Å². The Bertz CT molecular complexity index is 906. The number of carbonyl (C=O) groups excluding carboxylic acids is 2. The van der Waals surface area contributed by atoms with Gasteiger partial charge in [-0.15, -0.1) is 0 Å². The van der Waals surface area contributed by atoms with E-state index in [1.807, 2.05) is 12.1 Å². The van der Waals surface area contributed by atoms with Crippen LogP contribution in [0, 0.1) is 0 Å². The third kappa shape index (κ3) is 2.84. The number of rotatable bonds is 3. The van der Waals surface area contributed by atoms with Gasteiger partial charge in [0.2, 0.25) is 5.91 Å². The van der Waals surface area contributed by atoms with Crippen molar-refractivity contribution in [2.45, 2.75) is 0 Å². The molecule has 132 valence electrons. The number of amides is 2. The lowest BCUT2D eigenvalue weighted by molar-refractivity contribution is -0.116. The number of benzene rings is 2. The quantitative estimate of drug-likeness (QED) is 0.836. The van der Waals surface area contributed by atoms with Crippen LogP contribution in [0.1, 0.15) is 15.9 Å². The summed E-state index contributed by atoms with van der Waals surface area (Å²) in [5.41, 5.74) is 2.40. The van der Waals surface area contributed by atoms with Crippen LogP contribution in [0.4, 0.5) is 5.69 Å². The molecule has 0 aromatic heterocycles. The first-order chi connectivity index (χ1) is 12.5. The van der Waals surface area contributed by atoms with E-state index >= 15 is 0 Å². The molecule has 4 rings (SSSR count). The second-order valence-electron chi connectivity index (χ2n) is 5.91. The Morgan fingerprint density at radius 3 is 2.50 bits per heavy atom. The largest absolute Gasteiger partial charge is 0.486 e. The lowest BCUT2D eigenvalue weighted by atomic mass is 10.1. The van der Waals surface area contributed by atoms with Crippen LogP contribution in [0.3, 0.4) is 0 Å². The first-order valence-electron chi connectivity index (χ1n) is 8.04. The molecule has 0 unspecified atom stereocenters. The smallest absolute Gasteiger partial charge is 0.259 e. The zero-order valence-electron chi connectivity index (χ0n) is 13.8. The highest BCUT2D eigenvalue weighted by Gasteiger charge is 2.32. The Morgan fingerprint density at radius 2 is 1.81 bits per heavy atom. The summed E-state index contributed by atoms with van der Waals surface area (Å²) in [4.78, 5) is 26.4. The van der Waals surface area contributed by atoms with Gasteiger partial charge in [-0.25, -0.2) is 0 Å². The minimum Gasteiger partial charge on any atom is -0.486 e. The number of anilines is 1. The van der Waals surface area contributed by atoms with Crippen molar-refractivity contribution in [2.24, 2.45) is 0 Å². The molecule has 0 saturated carbocycles. The van der Waals surface area contributed by atoms with Gasteiger partial charge >= 0.3 is 0 Å². The van der Waals surface area contributed by atoms with Crippen molar-refractivity contribution in [2.75, 3.05) is 25.1 Å². The molecule has 1 N–H and O–H groups in total. The SMILES string of the molecule is C=C1c2ccccc2C(=O)N1CC(=O)Nc1cc2c(cc1Br)OCCO2. The first-order valence-corrected chi connectivity index (χ1v) is 8.83. The summed E-state index contributed by atoms with van der Waals surface area (Å²) >= 11 is 3.42. The minimum atomic E-state index is -0.329. The van der Waals surface area contributed by atoms with E-state index in [1.165, 1.54) is 4.90 Å². The van der Waals surface area contributed by atoms with E-state index in [1.54, 1.807) is 24.3 Å². The van der Waals surface area contributed by atoms with Gasteiger partial charge in [-0.2, -0.15) is 0 Å². The van der Waals surface area contributed by atoms with Gasteiger partial charge in [0.1, 0.15) is 19.8 Å². The average molecular weight is 415 g/mol. The molecule has 6 nitrogen and oxygen atoms in total. The molecule has 0 fully saturated rings. The van der Waals surface area contributed by atoms with E-state index in [-0.39, 0.29) is 18.4 Å². The van der Waals surface area contributed by atoms with Crippen LogP contribution in [0.2, 0.25) is 0 Å². The summed E-state index contributed by atoms with van der Waals surface area (Å²) in [6.07, 6.45) is 0. The molecular formula is C19H15BrN2O4. The molecule has 26 heavy (non-hydrogen) atoms. The van der Waals surface area contributed by atoms with Gasteiger partial charge in [-0.3, -0.25) is 14.5 Å². The average Bonchev–Trinajstić information content (AvgIpc) is 2.88. The van der Waals surface area contributed by atoms with E-state index in [9.17, 15) is 9.59 Å². The van der Waals surface area contributed by atoms with Crippen molar-refractivity contribution < 1.29 is 19.1 Å². The summed E-state index contributed by atoms with van der Waals surface area (Å²) in [6.45, 7) is 4.78. The predicted octanol–water partition coefficient (Wildman–Crippen LogP) is 3.29. The Balaban J connectivity index is 1.50. The van der Waals surface area contributed by atoms with Crippen molar-refractivity contribution >= 4 is 39.1 Å². The molecule has 2 heterocycles. The maximum Gasteiger partial charge on any atom is 0.259 e. The fourth-order valence-electron chi connectivity index (χ4n) is 2.99. The standard InChI is InChI=1S/C19H15BrN2O4/c1-11-12-4-2-3-5-13(12)19(24)22(11)10-18(23)21-15-9-17-16(8-14(15)20)25-6-7-26-17/h2-5,8-9H,1,6-7,10H2,(H,21,23). The zero-order chi connectivity index (χ0) is 18.3. The second kappa shape index (κ2) is 6.49. The van der Waals surface area contributed by atoms with Crippen LogP contribution in [-0.2, 0) is 4.79 Å². The fraction of sp³-hybridized carbons (Fsp3) is 0.158. The van der Waals surface area contributed by atoms with Crippen molar-refractivity contribution in [3.05, 3.63) is 58.6 Å². The van der Waals surface area contributed by atoms with Crippen LogP contribution in [0.5, 0.6) is 11.5 Å². The molecule has 0 bridgehead atoms. The molecule has 2 aliphatic heterocycles. The number of carbonyl (C=O) groups is 2.